The molecule has 0 aliphatic carbocycles. The molecule has 2 aromatic rings. The molecular formula is C15H20N2O3S. The van der Waals surface area contributed by atoms with Crippen LogP contribution in [0.15, 0.2) is 47.5 Å². The van der Waals surface area contributed by atoms with Crippen LogP contribution in [-0.2, 0) is 16.6 Å². The van der Waals surface area contributed by atoms with Gasteiger partial charge >= 0.3 is 0 Å². The van der Waals surface area contributed by atoms with Gasteiger partial charge in [0.2, 0.25) is 0 Å². The molecule has 0 saturated heterocycles. The molecule has 0 bridgehead atoms. The lowest BCUT2D eigenvalue weighted by Crippen LogP contribution is -2.26. The molecule has 0 spiro atoms. The Labute approximate surface area is 125 Å². The van der Waals surface area contributed by atoms with E-state index in [0.29, 0.717) is 11.4 Å². The largest absolute Gasteiger partial charge is 0.390 e. The Morgan fingerprint density at radius 3 is 2.33 bits per heavy atom. The fourth-order valence-corrected chi connectivity index (χ4v) is 3.43. The van der Waals surface area contributed by atoms with Gasteiger partial charge < -0.3 is 9.67 Å². The second-order valence-corrected chi connectivity index (χ2v) is 7.10. The first-order valence-corrected chi connectivity index (χ1v) is 8.17. The first kappa shape index (κ1) is 15.6. The average molecular weight is 308 g/mol. The summed E-state index contributed by atoms with van der Waals surface area (Å²) in [7, 11) is -2.11. The topological polar surface area (TPSA) is 62.5 Å². The second-order valence-electron chi connectivity index (χ2n) is 5.13. The number of benzene rings is 1. The van der Waals surface area contributed by atoms with E-state index in [-0.39, 0.29) is 17.5 Å². The minimum absolute atomic E-state index is 0.0816. The van der Waals surface area contributed by atoms with Crippen molar-refractivity contribution in [1.29, 1.82) is 0 Å². The summed E-state index contributed by atoms with van der Waals surface area (Å²) in [6.45, 7) is 3.69. The summed E-state index contributed by atoms with van der Waals surface area (Å²) in [6, 6.07) is 10.5. The van der Waals surface area contributed by atoms with Gasteiger partial charge in [-0.25, -0.2) is 8.42 Å². The van der Waals surface area contributed by atoms with E-state index < -0.39 is 10.0 Å². The zero-order valence-corrected chi connectivity index (χ0v) is 13.2. The minimum atomic E-state index is -3.64. The molecule has 0 aliphatic rings. The van der Waals surface area contributed by atoms with E-state index in [1.807, 2.05) is 19.9 Å². The average Bonchev–Trinajstić information content (AvgIpc) is 2.92. The van der Waals surface area contributed by atoms with Gasteiger partial charge in [-0.15, -0.1) is 0 Å². The maximum Gasteiger partial charge on any atom is 0.265 e. The third kappa shape index (κ3) is 2.96. The van der Waals surface area contributed by atoms with Crippen LogP contribution in [0.5, 0.6) is 0 Å². The standard InChI is InChI=1S/C15H20N2O3S/c1-12(2)17-10-15(9-14(17)11-18)21(19,20)16(3)13-7-5-4-6-8-13/h4-10,12,18H,11H2,1-3H3. The van der Waals surface area contributed by atoms with E-state index >= 15 is 0 Å². The van der Waals surface area contributed by atoms with E-state index in [0.717, 1.165) is 0 Å². The Morgan fingerprint density at radius 1 is 1.24 bits per heavy atom. The van der Waals surface area contributed by atoms with Gasteiger partial charge in [0.15, 0.2) is 0 Å². The monoisotopic (exact) mass is 308 g/mol. The van der Waals surface area contributed by atoms with Crippen LogP contribution in [0.2, 0.25) is 0 Å². The molecule has 1 aromatic carbocycles. The molecule has 0 radical (unpaired) electrons. The smallest absolute Gasteiger partial charge is 0.265 e. The second kappa shape index (κ2) is 5.91. The fourth-order valence-electron chi connectivity index (χ4n) is 2.18. The van der Waals surface area contributed by atoms with Gasteiger partial charge in [0.05, 0.1) is 12.3 Å². The molecular weight excluding hydrogens is 288 g/mol. The number of aliphatic hydroxyl groups is 1. The van der Waals surface area contributed by atoms with Crippen LogP contribution in [0, 0.1) is 0 Å². The van der Waals surface area contributed by atoms with Crippen LogP contribution in [0.3, 0.4) is 0 Å². The number of nitrogens with zero attached hydrogens (tertiary/aromatic N) is 2. The van der Waals surface area contributed by atoms with Crippen LogP contribution < -0.4 is 4.31 Å². The van der Waals surface area contributed by atoms with Crippen LogP contribution in [0.1, 0.15) is 25.6 Å². The maximum atomic E-state index is 12.7. The number of aromatic nitrogens is 1. The van der Waals surface area contributed by atoms with Crippen molar-refractivity contribution in [3.63, 3.8) is 0 Å². The highest BCUT2D eigenvalue weighted by Crippen LogP contribution is 2.25. The van der Waals surface area contributed by atoms with Crippen molar-refractivity contribution in [3.8, 4) is 0 Å². The molecule has 0 fully saturated rings. The van der Waals surface area contributed by atoms with Crippen molar-refractivity contribution in [2.45, 2.75) is 31.4 Å². The first-order chi connectivity index (χ1) is 9.87. The van der Waals surface area contributed by atoms with E-state index in [1.54, 1.807) is 35.0 Å². The highest BCUT2D eigenvalue weighted by atomic mass is 32.2. The Bertz CT molecular complexity index is 706. The predicted octanol–water partition coefficient (Wildman–Crippen LogP) is 2.39. The summed E-state index contributed by atoms with van der Waals surface area (Å²) in [5.41, 5.74) is 1.19. The molecule has 1 N–H and O–H groups in total. The molecule has 0 saturated carbocycles. The van der Waals surface area contributed by atoms with Crippen molar-refractivity contribution >= 4 is 15.7 Å². The molecule has 1 heterocycles. The van der Waals surface area contributed by atoms with Crippen LogP contribution in [-0.4, -0.2) is 25.1 Å². The summed E-state index contributed by atoms with van der Waals surface area (Å²) < 4.78 is 28.3. The lowest BCUT2D eigenvalue weighted by Gasteiger charge is -2.18. The SMILES string of the molecule is CC(C)n1cc(S(=O)(=O)N(C)c2ccccc2)cc1CO. The summed E-state index contributed by atoms with van der Waals surface area (Å²) in [4.78, 5) is 0.187. The number of hydrogen-bond acceptors (Lipinski definition) is 3. The lowest BCUT2D eigenvalue weighted by atomic mass is 10.3. The molecule has 21 heavy (non-hydrogen) atoms. The zero-order valence-electron chi connectivity index (χ0n) is 12.4. The van der Waals surface area contributed by atoms with Gasteiger partial charge in [0, 0.05) is 25.0 Å². The molecule has 0 aliphatic heterocycles. The van der Waals surface area contributed by atoms with Crippen LogP contribution >= 0.6 is 0 Å². The van der Waals surface area contributed by atoms with Gasteiger partial charge in [0.1, 0.15) is 4.90 Å². The van der Waals surface area contributed by atoms with Crippen molar-refractivity contribution in [2.24, 2.45) is 0 Å². The maximum absolute atomic E-state index is 12.7. The van der Waals surface area contributed by atoms with Gasteiger partial charge in [0.25, 0.3) is 10.0 Å². The lowest BCUT2D eigenvalue weighted by molar-refractivity contribution is 0.268. The van der Waals surface area contributed by atoms with Gasteiger partial charge in [-0.05, 0) is 32.0 Å². The number of aliphatic hydroxyl groups excluding tert-OH is 1. The normalized spacial score (nSPS) is 11.9. The number of hydrogen-bond donors (Lipinski definition) is 1. The first-order valence-electron chi connectivity index (χ1n) is 6.73. The van der Waals surface area contributed by atoms with Crippen LogP contribution in [0.4, 0.5) is 5.69 Å². The number of sulfonamides is 1. The van der Waals surface area contributed by atoms with Crippen molar-refractivity contribution < 1.29 is 13.5 Å². The molecule has 6 heteroatoms. The molecule has 5 nitrogen and oxygen atoms in total. The molecule has 0 atom stereocenters. The van der Waals surface area contributed by atoms with E-state index in [2.05, 4.69) is 0 Å². The Kier molecular flexibility index (Phi) is 4.39. The number of anilines is 1. The summed E-state index contributed by atoms with van der Waals surface area (Å²) >= 11 is 0. The van der Waals surface area contributed by atoms with E-state index in [4.69, 9.17) is 0 Å². The van der Waals surface area contributed by atoms with E-state index in [9.17, 15) is 13.5 Å². The van der Waals surface area contributed by atoms with Crippen molar-refractivity contribution in [1.82, 2.24) is 4.57 Å². The Hall–Kier alpha value is -1.79. The fraction of sp³-hybridized carbons (Fsp3) is 0.333. The van der Waals surface area contributed by atoms with Gasteiger partial charge in [-0.3, -0.25) is 4.31 Å². The summed E-state index contributed by atoms with van der Waals surface area (Å²) in [6.07, 6.45) is 1.57. The molecule has 1 aromatic heterocycles. The molecule has 114 valence electrons. The quantitative estimate of drug-likeness (QED) is 0.922. The highest BCUT2D eigenvalue weighted by Gasteiger charge is 2.24. The predicted molar refractivity (Wildman–Crippen MR) is 82.8 cm³/mol. The van der Waals surface area contributed by atoms with Crippen LogP contribution in [0.25, 0.3) is 0 Å². The third-order valence-electron chi connectivity index (χ3n) is 3.40. The van der Waals surface area contributed by atoms with Gasteiger partial charge in [-0.1, -0.05) is 18.2 Å². The van der Waals surface area contributed by atoms with Crippen molar-refractivity contribution in [3.05, 3.63) is 48.3 Å². The molecule has 0 unspecified atom stereocenters. The highest BCUT2D eigenvalue weighted by molar-refractivity contribution is 7.92. The zero-order chi connectivity index (χ0) is 15.6. The summed E-state index contributed by atoms with van der Waals surface area (Å²) in [5.74, 6) is 0. The number of para-hydroxylation sites is 1. The molecule has 0 amide bonds. The molecule has 2 rings (SSSR count). The summed E-state index contributed by atoms with van der Waals surface area (Å²) in [5, 5.41) is 9.37. The minimum Gasteiger partial charge on any atom is -0.390 e. The Morgan fingerprint density at radius 2 is 1.86 bits per heavy atom. The third-order valence-corrected chi connectivity index (χ3v) is 5.15. The number of rotatable bonds is 5. The van der Waals surface area contributed by atoms with E-state index in [1.165, 1.54) is 17.4 Å². The van der Waals surface area contributed by atoms with Gasteiger partial charge in [-0.2, -0.15) is 0 Å². The Balaban J connectivity index is 2.45. The van der Waals surface area contributed by atoms with Crippen molar-refractivity contribution in [2.75, 3.05) is 11.4 Å².